The third-order valence-corrected chi connectivity index (χ3v) is 3.97. The molecule has 1 aromatic heterocycles. The van der Waals surface area contributed by atoms with Crippen LogP contribution in [0, 0.1) is 0 Å². The van der Waals surface area contributed by atoms with Crippen molar-refractivity contribution in [3.05, 3.63) is 59.7 Å². The smallest absolute Gasteiger partial charge is 0.0948 e. The summed E-state index contributed by atoms with van der Waals surface area (Å²) in [6, 6.07) is 6.97. The van der Waals surface area contributed by atoms with Gasteiger partial charge in [0.2, 0.25) is 0 Å². The van der Waals surface area contributed by atoms with Crippen molar-refractivity contribution in [2.75, 3.05) is 0 Å². The zero-order valence-corrected chi connectivity index (χ0v) is 11.5. The van der Waals surface area contributed by atoms with Crippen molar-refractivity contribution in [1.29, 1.82) is 0 Å². The Balaban J connectivity index is 1.79. The monoisotopic (exact) mass is 252 g/mol. The van der Waals surface area contributed by atoms with Crippen molar-refractivity contribution in [2.45, 2.75) is 39.2 Å². The zero-order chi connectivity index (χ0) is 13.1. The predicted molar refractivity (Wildman–Crippen MR) is 79.0 cm³/mol. The Morgan fingerprint density at radius 1 is 1.26 bits per heavy atom. The molecule has 19 heavy (non-hydrogen) atoms. The number of fused-ring (bicyclic) bond motifs is 1. The Morgan fingerprint density at radius 2 is 2.11 bits per heavy atom. The highest BCUT2D eigenvalue weighted by Gasteiger charge is 2.09. The third kappa shape index (κ3) is 2.78. The molecule has 0 bridgehead atoms. The molecular weight excluding hydrogens is 232 g/mol. The van der Waals surface area contributed by atoms with E-state index in [4.69, 9.17) is 0 Å². The van der Waals surface area contributed by atoms with Gasteiger partial charge in [-0.05, 0) is 54.9 Å². The van der Waals surface area contributed by atoms with E-state index in [9.17, 15) is 0 Å². The summed E-state index contributed by atoms with van der Waals surface area (Å²) < 4.78 is 2.09. The van der Waals surface area contributed by atoms with Gasteiger partial charge in [0.1, 0.15) is 0 Å². The van der Waals surface area contributed by atoms with Crippen LogP contribution in [-0.4, -0.2) is 9.55 Å². The summed E-state index contributed by atoms with van der Waals surface area (Å²) >= 11 is 0. The summed E-state index contributed by atoms with van der Waals surface area (Å²) in [5, 5.41) is 0. The highest BCUT2D eigenvalue weighted by molar-refractivity contribution is 5.64. The molecule has 0 atom stereocenters. The fourth-order valence-corrected chi connectivity index (χ4v) is 2.73. The van der Waals surface area contributed by atoms with Crippen LogP contribution in [0.5, 0.6) is 0 Å². The minimum absolute atomic E-state index is 0.892. The van der Waals surface area contributed by atoms with E-state index in [-0.39, 0.29) is 0 Å². The van der Waals surface area contributed by atoms with E-state index < -0.39 is 0 Å². The molecule has 0 amide bonds. The fraction of sp³-hybridized carbons (Fsp3) is 0.353. The first kappa shape index (κ1) is 12.2. The molecule has 2 aromatic rings. The van der Waals surface area contributed by atoms with Gasteiger partial charge >= 0.3 is 0 Å². The van der Waals surface area contributed by atoms with E-state index in [1.807, 2.05) is 18.7 Å². The second kappa shape index (κ2) is 5.43. The summed E-state index contributed by atoms with van der Waals surface area (Å²) in [5.74, 6) is 0. The Bertz CT molecular complexity index is 579. The summed E-state index contributed by atoms with van der Waals surface area (Å²) in [6.07, 6.45) is 13.1. The maximum Gasteiger partial charge on any atom is 0.0948 e. The number of rotatable bonds is 3. The van der Waals surface area contributed by atoms with Gasteiger partial charge in [-0.15, -0.1) is 0 Å². The highest BCUT2D eigenvalue weighted by Crippen LogP contribution is 2.25. The molecule has 98 valence electrons. The second-order valence-electron chi connectivity index (χ2n) is 5.34. The largest absolute Gasteiger partial charge is 0.334 e. The van der Waals surface area contributed by atoms with Gasteiger partial charge in [-0.25, -0.2) is 4.98 Å². The first-order valence-corrected chi connectivity index (χ1v) is 7.07. The van der Waals surface area contributed by atoms with Crippen molar-refractivity contribution >= 4 is 5.57 Å². The lowest BCUT2D eigenvalue weighted by Crippen LogP contribution is -2.02. The molecule has 1 aromatic carbocycles. The number of aromatic nitrogens is 2. The van der Waals surface area contributed by atoms with Gasteiger partial charge in [0.15, 0.2) is 0 Å². The summed E-state index contributed by atoms with van der Waals surface area (Å²) in [4.78, 5) is 4.06. The van der Waals surface area contributed by atoms with Crippen LogP contribution in [0.3, 0.4) is 0 Å². The maximum atomic E-state index is 4.06. The Hall–Kier alpha value is -1.83. The van der Waals surface area contributed by atoms with Crippen LogP contribution in [0.2, 0.25) is 0 Å². The molecular formula is C17H20N2. The maximum absolute atomic E-state index is 4.06. The lowest BCUT2D eigenvalue weighted by molar-refractivity contribution is 0.685. The summed E-state index contributed by atoms with van der Waals surface area (Å²) in [6.45, 7) is 3.09. The van der Waals surface area contributed by atoms with Crippen molar-refractivity contribution in [1.82, 2.24) is 9.55 Å². The van der Waals surface area contributed by atoms with E-state index in [0.717, 1.165) is 6.54 Å². The van der Waals surface area contributed by atoms with Gasteiger partial charge in [0.25, 0.3) is 0 Å². The Kier molecular flexibility index (Phi) is 3.49. The third-order valence-electron chi connectivity index (χ3n) is 3.97. The van der Waals surface area contributed by atoms with Gasteiger partial charge in [0, 0.05) is 18.9 Å². The van der Waals surface area contributed by atoms with Gasteiger partial charge in [0.05, 0.1) is 6.33 Å². The molecule has 1 heterocycles. The van der Waals surface area contributed by atoms with Crippen molar-refractivity contribution in [2.24, 2.45) is 0 Å². The van der Waals surface area contributed by atoms with E-state index in [2.05, 4.69) is 40.7 Å². The Morgan fingerprint density at radius 3 is 2.89 bits per heavy atom. The number of nitrogens with zero attached hydrogens (tertiary/aromatic N) is 2. The Labute approximate surface area is 114 Å². The average molecular weight is 252 g/mol. The van der Waals surface area contributed by atoms with Crippen LogP contribution in [0.25, 0.3) is 5.57 Å². The molecule has 0 spiro atoms. The van der Waals surface area contributed by atoms with Gasteiger partial charge in [-0.2, -0.15) is 0 Å². The normalized spacial score (nSPS) is 15.3. The molecule has 3 rings (SSSR count). The molecule has 0 fully saturated rings. The van der Waals surface area contributed by atoms with Crippen molar-refractivity contribution < 1.29 is 0 Å². The van der Waals surface area contributed by atoms with Crippen molar-refractivity contribution in [3.8, 4) is 0 Å². The number of aryl methyl sites for hydroxylation is 2. The summed E-state index contributed by atoms with van der Waals surface area (Å²) in [5.41, 5.74) is 5.82. The molecule has 0 radical (unpaired) electrons. The fourth-order valence-electron chi connectivity index (χ4n) is 2.73. The topological polar surface area (TPSA) is 17.8 Å². The number of benzene rings is 1. The zero-order valence-electron chi connectivity index (χ0n) is 11.5. The predicted octanol–water partition coefficient (Wildman–Crippen LogP) is 3.87. The molecule has 0 aliphatic heterocycles. The van der Waals surface area contributed by atoms with Crippen LogP contribution >= 0.6 is 0 Å². The van der Waals surface area contributed by atoms with Gasteiger partial charge in [-0.1, -0.05) is 24.3 Å². The quantitative estimate of drug-likeness (QED) is 0.811. The van der Waals surface area contributed by atoms with E-state index >= 15 is 0 Å². The molecule has 0 N–H and O–H groups in total. The summed E-state index contributed by atoms with van der Waals surface area (Å²) in [7, 11) is 0. The molecule has 2 nitrogen and oxygen atoms in total. The minimum atomic E-state index is 0.892. The number of allylic oxidation sites excluding steroid dienone is 2. The molecule has 0 saturated heterocycles. The van der Waals surface area contributed by atoms with E-state index in [1.54, 1.807) is 11.1 Å². The molecule has 0 unspecified atom stereocenters. The second-order valence-corrected chi connectivity index (χ2v) is 5.34. The molecule has 0 saturated carbocycles. The van der Waals surface area contributed by atoms with E-state index in [1.165, 1.54) is 36.8 Å². The molecule has 2 heteroatoms. The minimum Gasteiger partial charge on any atom is -0.334 e. The van der Waals surface area contributed by atoms with Crippen LogP contribution in [0.1, 0.15) is 36.5 Å². The molecule has 1 aliphatic rings. The average Bonchev–Trinajstić information content (AvgIpc) is 2.97. The first-order valence-electron chi connectivity index (χ1n) is 7.07. The van der Waals surface area contributed by atoms with Crippen LogP contribution < -0.4 is 0 Å². The van der Waals surface area contributed by atoms with Crippen LogP contribution in [0.15, 0.2) is 43.0 Å². The van der Waals surface area contributed by atoms with Gasteiger partial charge < -0.3 is 4.57 Å². The molecule has 1 aliphatic carbocycles. The van der Waals surface area contributed by atoms with Gasteiger partial charge in [-0.3, -0.25) is 0 Å². The number of hydrogen-bond acceptors (Lipinski definition) is 1. The van der Waals surface area contributed by atoms with Crippen LogP contribution in [0.4, 0.5) is 0 Å². The highest BCUT2D eigenvalue weighted by atomic mass is 15.0. The number of imidazole rings is 1. The number of hydrogen-bond donors (Lipinski definition) is 0. The van der Waals surface area contributed by atoms with E-state index in [0.29, 0.717) is 0 Å². The lowest BCUT2D eigenvalue weighted by Gasteiger charge is -2.16. The van der Waals surface area contributed by atoms with Crippen LogP contribution in [-0.2, 0) is 19.4 Å². The SMILES string of the molecule is C/C(=C/Cn1ccnc1)c1ccc2c(c1)CCCC2. The standard InChI is InChI=1S/C17H20N2/c1-14(8-10-19-11-9-18-13-19)16-7-6-15-4-2-3-5-17(15)12-16/h6-9,11-13H,2-5,10H2,1H3/b14-8-. The first-order chi connectivity index (χ1) is 9.33. The van der Waals surface area contributed by atoms with Crippen molar-refractivity contribution in [3.63, 3.8) is 0 Å². The lowest BCUT2D eigenvalue weighted by atomic mass is 9.89.